The highest BCUT2D eigenvalue weighted by Crippen LogP contribution is 2.57. The third-order valence-electron chi connectivity index (χ3n) is 14.5. The molecule has 1 aliphatic carbocycles. The maximum absolute atomic E-state index is 5.50. The summed E-state index contributed by atoms with van der Waals surface area (Å²) in [6.07, 6.45) is 20.5. The van der Waals surface area contributed by atoms with Crippen molar-refractivity contribution in [2.75, 3.05) is 16.3 Å². The van der Waals surface area contributed by atoms with Crippen LogP contribution in [0.25, 0.3) is 77.7 Å². The SMILES string of the molecule is CC12C=CC=CC1c1ccc3c(c1N2c1ccccc1)C/C=C\C=C/CN3c1nc2ncc(-n3c4ccccc4c4ccc5c6ccccc6n(-c6ccccc6)c5c43)nc2nc1-c1ccccc1. The van der Waals surface area contributed by atoms with Gasteiger partial charge in [0.1, 0.15) is 5.69 Å². The Labute approximate surface area is 398 Å². The van der Waals surface area contributed by atoms with E-state index >= 15 is 0 Å². The largest absolute Gasteiger partial charge is 0.331 e. The molecule has 0 spiro atoms. The smallest absolute Gasteiger partial charge is 0.200 e. The van der Waals surface area contributed by atoms with Gasteiger partial charge in [-0.05, 0) is 61.4 Å². The van der Waals surface area contributed by atoms with Gasteiger partial charge in [-0.1, -0.05) is 170 Å². The van der Waals surface area contributed by atoms with E-state index in [1.54, 1.807) is 0 Å². The number of benzene rings is 7. The molecule has 11 aromatic rings. The third kappa shape index (κ3) is 5.88. The summed E-state index contributed by atoms with van der Waals surface area (Å²) >= 11 is 0. The fourth-order valence-corrected chi connectivity index (χ4v) is 11.5. The van der Waals surface area contributed by atoms with Gasteiger partial charge in [0.25, 0.3) is 0 Å². The van der Waals surface area contributed by atoms with Crippen LogP contribution in [0.15, 0.2) is 219 Å². The molecule has 0 N–H and O–H groups in total. The van der Waals surface area contributed by atoms with Gasteiger partial charge in [0.2, 0.25) is 5.65 Å². The molecule has 4 aromatic heterocycles. The number of rotatable bonds is 5. The molecule has 7 aromatic carbocycles. The molecule has 0 bridgehead atoms. The molecular weight excluding hydrogens is 845 g/mol. The molecule has 14 rings (SSSR count). The zero-order valence-electron chi connectivity index (χ0n) is 37.9. The molecule has 8 nitrogen and oxygen atoms in total. The van der Waals surface area contributed by atoms with Crippen molar-refractivity contribution in [3.8, 4) is 22.8 Å². The fraction of sp³-hybridized carbons (Fsp3) is 0.0820. The predicted molar refractivity (Wildman–Crippen MR) is 283 cm³/mol. The summed E-state index contributed by atoms with van der Waals surface area (Å²) in [4.78, 5) is 26.5. The van der Waals surface area contributed by atoms with Crippen molar-refractivity contribution < 1.29 is 0 Å². The van der Waals surface area contributed by atoms with Crippen molar-refractivity contribution in [2.45, 2.75) is 24.8 Å². The van der Waals surface area contributed by atoms with E-state index in [-0.39, 0.29) is 11.5 Å². The van der Waals surface area contributed by atoms with Crippen LogP contribution < -0.4 is 9.80 Å². The maximum Gasteiger partial charge on any atom is 0.200 e. The van der Waals surface area contributed by atoms with Crippen molar-refractivity contribution in [1.82, 2.24) is 29.1 Å². The van der Waals surface area contributed by atoms with Crippen LogP contribution >= 0.6 is 0 Å². The van der Waals surface area contributed by atoms with E-state index in [0.29, 0.717) is 23.7 Å². The van der Waals surface area contributed by atoms with Crippen LogP contribution in [0, 0.1) is 0 Å². The predicted octanol–water partition coefficient (Wildman–Crippen LogP) is 14.2. The standard InChI is InChI=1S/C61H44N8/c1-61-37-19-18-30-49(61)47-35-36-50-48(55(47)69(61)42-25-11-6-12-26-42)29-13-2-3-20-38-66(50)60-54(40-21-7-4-8-22-40)64-59-58(65-60)62-39-53(63-59)68-52-32-17-15-28-44(52)46-34-33-45-43-27-14-16-31-51(43)67(56(45)57(46)68)41-23-9-5-10-24-41/h2-28,30-37,39,49H,29,38H2,1H3/b13-2-,20-3-. The van der Waals surface area contributed by atoms with Gasteiger partial charge in [-0.2, -0.15) is 0 Å². The molecule has 3 aliphatic rings. The van der Waals surface area contributed by atoms with Gasteiger partial charge >= 0.3 is 0 Å². The average molecular weight is 889 g/mol. The zero-order chi connectivity index (χ0) is 45.6. The number of aromatic nitrogens is 6. The van der Waals surface area contributed by atoms with E-state index in [4.69, 9.17) is 19.9 Å². The second-order valence-corrected chi connectivity index (χ2v) is 18.3. The van der Waals surface area contributed by atoms with Gasteiger partial charge < -0.3 is 14.4 Å². The number of allylic oxidation sites excluding steroid dienone is 5. The molecule has 0 fully saturated rings. The van der Waals surface area contributed by atoms with Crippen LogP contribution in [-0.2, 0) is 6.42 Å². The summed E-state index contributed by atoms with van der Waals surface area (Å²) in [5.74, 6) is 1.58. The summed E-state index contributed by atoms with van der Waals surface area (Å²) in [5, 5.41) is 4.64. The topological polar surface area (TPSA) is 67.9 Å². The summed E-state index contributed by atoms with van der Waals surface area (Å²) in [7, 11) is 0. The fourth-order valence-electron chi connectivity index (χ4n) is 11.5. The highest BCUT2D eigenvalue weighted by Gasteiger charge is 2.48. The zero-order valence-corrected chi connectivity index (χ0v) is 37.9. The minimum absolute atomic E-state index is 0.184. The number of fused-ring (bicyclic) bond motifs is 13. The second kappa shape index (κ2) is 15.3. The summed E-state index contributed by atoms with van der Waals surface area (Å²) in [6, 6.07) is 58.3. The van der Waals surface area contributed by atoms with E-state index in [0.717, 1.165) is 73.4 Å². The van der Waals surface area contributed by atoms with Crippen molar-refractivity contribution in [3.05, 3.63) is 230 Å². The van der Waals surface area contributed by atoms with E-state index in [1.807, 2.05) is 12.3 Å². The third-order valence-corrected chi connectivity index (χ3v) is 14.5. The Bertz CT molecular complexity index is 3990. The first-order valence-electron chi connectivity index (χ1n) is 23.7. The molecule has 6 heterocycles. The molecule has 0 amide bonds. The molecule has 2 unspecified atom stereocenters. The van der Waals surface area contributed by atoms with Crippen molar-refractivity contribution in [1.29, 1.82) is 0 Å². The lowest BCUT2D eigenvalue weighted by molar-refractivity contribution is 0.542. The van der Waals surface area contributed by atoms with Crippen molar-refractivity contribution in [2.24, 2.45) is 0 Å². The molecular formula is C61H44N8. The number of para-hydroxylation sites is 4. The molecule has 69 heavy (non-hydrogen) atoms. The Balaban J connectivity index is 1.00. The first-order chi connectivity index (χ1) is 34.1. The van der Waals surface area contributed by atoms with Crippen molar-refractivity contribution in [3.63, 3.8) is 0 Å². The molecule has 0 saturated carbocycles. The molecule has 0 saturated heterocycles. The summed E-state index contributed by atoms with van der Waals surface area (Å²) < 4.78 is 4.66. The normalized spacial score (nSPS) is 18.4. The quantitative estimate of drug-likeness (QED) is 0.171. The second-order valence-electron chi connectivity index (χ2n) is 18.3. The van der Waals surface area contributed by atoms with E-state index in [1.165, 1.54) is 27.6 Å². The Kier molecular flexibility index (Phi) is 8.73. The summed E-state index contributed by atoms with van der Waals surface area (Å²) in [6.45, 7) is 2.93. The minimum atomic E-state index is -0.287. The van der Waals surface area contributed by atoms with Crippen LogP contribution in [-0.4, -0.2) is 41.2 Å². The van der Waals surface area contributed by atoms with Gasteiger partial charge in [-0.15, -0.1) is 0 Å². The number of hydrogen-bond acceptors (Lipinski definition) is 6. The van der Waals surface area contributed by atoms with E-state index in [9.17, 15) is 0 Å². The van der Waals surface area contributed by atoms with Gasteiger partial charge in [0, 0.05) is 62.2 Å². The van der Waals surface area contributed by atoms with Gasteiger partial charge in [-0.25, -0.2) is 19.9 Å². The Morgan fingerprint density at radius 1 is 0.551 bits per heavy atom. The molecule has 2 aliphatic heterocycles. The Morgan fingerprint density at radius 2 is 1.20 bits per heavy atom. The van der Waals surface area contributed by atoms with E-state index < -0.39 is 0 Å². The first-order valence-corrected chi connectivity index (χ1v) is 23.7. The summed E-state index contributed by atoms with van der Waals surface area (Å²) in [5.41, 5.74) is 13.8. The monoisotopic (exact) mass is 888 g/mol. The van der Waals surface area contributed by atoms with Crippen LogP contribution in [0.2, 0.25) is 0 Å². The van der Waals surface area contributed by atoms with E-state index in [2.05, 4.69) is 232 Å². The average Bonchev–Trinajstić information content (AvgIpc) is 4.04. The number of hydrogen-bond donors (Lipinski definition) is 0. The number of anilines is 4. The van der Waals surface area contributed by atoms with Gasteiger partial charge in [0.05, 0.1) is 39.5 Å². The highest BCUT2D eigenvalue weighted by molar-refractivity contribution is 6.23. The first kappa shape index (κ1) is 39.3. The van der Waals surface area contributed by atoms with Gasteiger partial charge in [0.15, 0.2) is 17.3 Å². The highest BCUT2D eigenvalue weighted by atomic mass is 15.3. The minimum Gasteiger partial charge on any atom is -0.331 e. The van der Waals surface area contributed by atoms with Crippen LogP contribution in [0.5, 0.6) is 0 Å². The van der Waals surface area contributed by atoms with Crippen LogP contribution in [0.1, 0.15) is 24.0 Å². The molecule has 328 valence electrons. The number of nitrogens with zero attached hydrogens (tertiary/aromatic N) is 8. The Morgan fingerprint density at radius 3 is 1.96 bits per heavy atom. The molecule has 8 heteroatoms. The molecule has 2 atom stereocenters. The lowest BCUT2D eigenvalue weighted by atomic mass is 9.80. The van der Waals surface area contributed by atoms with Gasteiger partial charge in [-0.3, -0.25) is 4.57 Å². The lowest BCUT2D eigenvalue weighted by Gasteiger charge is -2.40. The van der Waals surface area contributed by atoms with Crippen LogP contribution in [0.3, 0.4) is 0 Å². The molecule has 0 radical (unpaired) electrons. The lowest BCUT2D eigenvalue weighted by Crippen LogP contribution is -2.42. The maximum atomic E-state index is 5.50. The Hall–Kier alpha value is -8.88. The van der Waals surface area contributed by atoms with Crippen molar-refractivity contribution >= 4 is 77.8 Å². The van der Waals surface area contributed by atoms with Crippen LogP contribution in [0.4, 0.5) is 22.9 Å².